The Morgan fingerprint density at radius 1 is 0.682 bits per heavy atom. The molecule has 0 aromatic carbocycles. The Morgan fingerprint density at radius 2 is 1.05 bits per heavy atom. The second kappa shape index (κ2) is 12.4. The average Bonchev–Trinajstić information content (AvgIpc) is 3.33. The molecule has 0 spiro atoms. The topological polar surface area (TPSA) is 20.2 Å². The molecule has 0 aromatic heterocycles. The predicted octanol–water partition coefficient (Wildman–Crippen LogP) is 7.02. The fraction of sp³-hybridized carbons (Fsp3) is 1.00. The van der Waals surface area contributed by atoms with Crippen LogP contribution in [0.25, 0.3) is 0 Å². The Balaban J connectivity index is 1.71. The highest BCUT2D eigenvalue weighted by molar-refractivity contribution is 4.90. The maximum Gasteiger partial charge on any atom is 0.0647 e. The van der Waals surface area contributed by atoms with Gasteiger partial charge in [0.05, 0.1) is 5.60 Å². The predicted molar refractivity (Wildman–Crippen MR) is 98.3 cm³/mol. The van der Waals surface area contributed by atoms with Crippen LogP contribution >= 0.6 is 0 Å². The van der Waals surface area contributed by atoms with Gasteiger partial charge in [0.25, 0.3) is 0 Å². The van der Waals surface area contributed by atoms with Gasteiger partial charge in [-0.15, -0.1) is 0 Å². The van der Waals surface area contributed by atoms with Crippen molar-refractivity contribution in [3.63, 3.8) is 0 Å². The lowest BCUT2D eigenvalue weighted by Gasteiger charge is -2.22. The van der Waals surface area contributed by atoms with E-state index in [-0.39, 0.29) is 5.60 Å². The van der Waals surface area contributed by atoms with Crippen LogP contribution in [0.15, 0.2) is 0 Å². The summed E-state index contributed by atoms with van der Waals surface area (Å²) in [6, 6.07) is 0. The molecule has 1 heteroatoms. The summed E-state index contributed by atoms with van der Waals surface area (Å²) in [7, 11) is 0. The fourth-order valence-corrected chi connectivity index (χ4v) is 3.59. The minimum absolute atomic E-state index is 0.350. The van der Waals surface area contributed by atoms with Gasteiger partial charge < -0.3 is 5.11 Å². The maximum atomic E-state index is 10.2. The zero-order valence-electron chi connectivity index (χ0n) is 15.5. The van der Waals surface area contributed by atoms with Gasteiger partial charge in [0, 0.05) is 0 Å². The first-order valence-electron chi connectivity index (χ1n) is 10.4. The van der Waals surface area contributed by atoms with Crippen LogP contribution in [0.5, 0.6) is 0 Å². The average molecular weight is 311 g/mol. The van der Waals surface area contributed by atoms with Gasteiger partial charge in [-0.1, -0.05) is 96.8 Å². The van der Waals surface area contributed by atoms with E-state index < -0.39 is 0 Å². The SMILES string of the molecule is CCCCCCCCCCCCCCCCC(C)(O)C1CC1. The molecule has 1 N–H and O–H groups in total. The molecular weight excluding hydrogens is 268 g/mol. The third-order valence-electron chi connectivity index (χ3n) is 5.49. The highest BCUT2D eigenvalue weighted by Crippen LogP contribution is 2.42. The van der Waals surface area contributed by atoms with Crippen LogP contribution < -0.4 is 0 Å². The summed E-state index contributed by atoms with van der Waals surface area (Å²) in [6.07, 6.45) is 23.2. The van der Waals surface area contributed by atoms with Crippen LogP contribution in [0.1, 0.15) is 123 Å². The maximum absolute atomic E-state index is 10.2. The summed E-state index contributed by atoms with van der Waals surface area (Å²) in [5.74, 6) is 0.620. The molecule has 132 valence electrons. The molecule has 1 unspecified atom stereocenters. The van der Waals surface area contributed by atoms with Gasteiger partial charge in [-0.05, 0) is 32.1 Å². The molecule has 1 atom stereocenters. The lowest BCUT2D eigenvalue weighted by molar-refractivity contribution is 0.0255. The van der Waals surface area contributed by atoms with E-state index in [2.05, 4.69) is 6.92 Å². The van der Waals surface area contributed by atoms with Crippen LogP contribution in [-0.2, 0) is 0 Å². The lowest BCUT2D eigenvalue weighted by atomic mass is 9.93. The van der Waals surface area contributed by atoms with E-state index in [1.165, 1.54) is 103 Å². The van der Waals surface area contributed by atoms with Crippen molar-refractivity contribution >= 4 is 0 Å². The molecule has 0 bridgehead atoms. The van der Waals surface area contributed by atoms with Crippen LogP contribution in [0, 0.1) is 5.92 Å². The molecule has 0 amide bonds. The number of unbranched alkanes of at least 4 members (excludes halogenated alkanes) is 13. The summed E-state index contributed by atoms with van der Waals surface area (Å²) in [4.78, 5) is 0. The van der Waals surface area contributed by atoms with Crippen molar-refractivity contribution < 1.29 is 5.11 Å². The minimum Gasteiger partial charge on any atom is -0.390 e. The Kier molecular flexibility index (Phi) is 11.3. The Morgan fingerprint density at radius 3 is 1.41 bits per heavy atom. The van der Waals surface area contributed by atoms with E-state index in [1.54, 1.807) is 0 Å². The number of rotatable bonds is 16. The molecule has 22 heavy (non-hydrogen) atoms. The molecule has 0 heterocycles. The lowest BCUT2D eigenvalue weighted by Crippen LogP contribution is -2.26. The van der Waals surface area contributed by atoms with Crippen molar-refractivity contribution in [3.05, 3.63) is 0 Å². The van der Waals surface area contributed by atoms with Crippen LogP contribution in [-0.4, -0.2) is 10.7 Å². The van der Waals surface area contributed by atoms with Gasteiger partial charge in [-0.25, -0.2) is 0 Å². The highest BCUT2D eigenvalue weighted by atomic mass is 16.3. The number of hydrogen-bond donors (Lipinski definition) is 1. The number of hydrogen-bond acceptors (Lipinski definition) is 1. The van der Waals surface area contributed by atoms with Crippen LogP contribution in [0.2, 0.25) is 0 Å². The summed E-state index contributed by atoms with van der Waals surface area (Å²) < 4.78 is 0. The first-order chi connectivity index (χ1) is 10.7. The molecule has 1 aliphatic rings. The second-order valence-corrected chi connectivity index (χ2v) is 7.98. The molecule has 0 aliphatic heterocycles. The Hall–Kier alpha value is -0.0400. The van der Waals surface area contributed by atoms with Gasteiger partial charge >= 0.3 is 0 Å². The molecular formula is C21H42O. The van der Waals surface area contributed by atoms with E-state index in [0.717, 1.165) is 6.42 Å². The summed E-state index contributed by atoms with van der Waals surface area (Å²) >= 11 is 0. The van der Waals surface area contributed by atoms with E-state index >= 15 is 0 Å². The largest absolute Gasteiger partial charge is 0.390 e. The van der Waals surface area contributed by atoms with E-state index in [9.17, 15) is 5.11 Å². The van der Waals surface area contributed by atoms with Crippen molar-refractivity contribution in [1.29, 1.82) is 0 Å². The Labute approximate surface area is 140 Å². The molecule has 0 radical (unpaired) electrons. The molecule has 1 aliphatic carbocycles. The number of aliphatic hydroxyl groups is 1. The van der Waals surface area contributed by atoms with Crippen molar-refractivity contribution in [1.82, 2.24) is 0 Å². The third kappa shape index (κ3) is 10.6. The summed E-state index contributed by atoms with van der Waals surface area (Å²) in [5.41, 5.74) is -0.350. The first-order valence-corrected chi connectivity index (χ1v) is 10.4. The first kappa shape index (κ1) is 20.0. The fourth-order valence-electron chi connectivity index (χ4n) is 3.59. The monoisotopic (exact) mass is 310 g/mol. The molecule has 1 fully saturated rings. The molecule has 1 rings (SSSR count). The van der Waals surface area contributed by atoms with Gasteiger partial charge in [0.1, 0.15) is 0 Å². The van der Waals surface area contributed by atoms with E-state index in [1.807, 2.05) is 6.92 Å². The van der Waals surface area contributed by atoms with Crippen molar-refractivity contribution in [2.75, 3.05) is 0 Å². The summed E-state index contributed by atoms with van der Waals surface area (Å²) in [5, 5.41) is 10.2. The van der Waals surface area contributed by atoms with Gasteiger partial charge in [0.15, 0.2) is 0 Å². The zero-order chi connectivity index (χ0) is 16.1. The normalized spacial score (nSPS) is 17.6. The van der Waals surface area contributed by atoms with Crippen molar-refractivity contribution in [2.45, 2.75) is 129 Å². The standard InChI is InChI=1S/C21H42O/c1-3-4-5-6-7-8-9-10-11-12-13-14-15-16-19-21(2,22)20-17-18-20/h20,22H,3-19H2,1-2H3. The highest BCUT2D eigenvalue weighted by Gasteiger charge is 2.38. The van der Waals surface area contributed by atoms with Crippen LogP contribution in [0.3, 0.4) is 0 Å². The van der Waals surface area contributed by atoms with Gasteiger partial charge in [-0.3, -0.25) is 0 Å². The summed E-state index contributed by atoms with van der Waals surface area (Å²) in [6.45, 7) is 4.34. The quantitative estimate of drug-likeness (QED) is 0.304. The molecule has 1 nitrogen and oxygen atoms in total. The van der Waals surface area contributed by atoms with E-state index in [4.69, 9.17) is 0 Å². The minimum atomic E-state index is -0.350. The zero-order valence-corrected chi connectivity index (χ0v) is 15.5. The van der Waals surface area contributed by atoms with Gasteiger partial charge in [-0.2, -0.15) is 0 Å². The van der Waals surface area contributed by atoms with E-state index in [0.29, 0.717) is 5.92 Å². The molecule has 0 saturated heterocycles. The van der Waals surface area contributed by atoms with Crippen molar-refractivity contribution in [2.24, 2.45) is 5.92 Å². The smallest absolute Gasteiger partial charge is 0.0647 e. The van der Waals surface area contributed by atoms with Crippen LogP contribution in [0.4, 0.5) is 0 Å². The second-order valence-electron chi connectivity index (χ2n) is 7.98. The Bertz CT molecular complexity index is 242. The third-order valence-corrected chi connectivity index (χ3v) is 5.49. The van der Waals surface area contributed by atoms with Gasteiger partial charge in [0.2, 0.25) is 0 Å². The molecule has 1 saturated carbocycles. The molecule has 0 aromatic rings. The van der Waals surface area contributed by atoms with Crippen molar-refractivity contribution in [3.8, 4) is 0 Å².